The molecule has 1 aliphatic heterocycles. The summed E-state index contributed by atoms with van der Waals surface area (Å²) in [5.74, 6) is 1.70. The Balaban J connectivity index is 2.04. The number of carbonyl (C=O) groups excluding carboxylic acids is 1. The van der Waals surface area contributed by atoms with Crippen molar-refractivity contribution >= 4 is 35.0 Å². The number of thioether (sulfide) groups is 1. The van der Waals surface area contributed by atoms with Gasteiger partial charge in [0.1, 0.15) is 0 Å². The molecule has 1 atom stereocenters. The molecule has 1 heterocycles. The number of anilines is 1. The largest absolute Gasteiger partial charge is 0.323 e. The Kier molecular flexibility index (Phi) is 4.48. The molecule has 0 bridgehead atoms. The normalized spacial score (nSPS) is 19.0. The van der Waals surface area contributed by atoms with Crippen molar-refractivity contribution in [3.8, 4) is 6.07 Å². The minimum Gasteiger partial charge on any atom is -0.323 e. The molecule has 0 radical (unpaired) electrons. The number of nitrogens with zero attached hydrogens (tertiary/aromatic N) is 1. The second-order valence-electron chi connectivity index (χ2n) is 3.88. The number of hydrogen-bond acceptors (Lipinski definition) is 4. The molecular weight excluding hydrogens is 270 g/mol. The average Bonchev–Trinajstić information content (AvgIpc) is 2.42. The molecule has 0 aliphatic carbocycles. The maximum Gasteiger partial charge on any atom is 0.242 e. The molecule has 1 unspecified atom stereocenters. The number of hydrogen-bond donors (Lipinski definition) is 2. The topological polar surface area (TPSA) is 64.9 Å². The lowest BCUT2D eigenvalue weighted by molar-refractivity contribution is -0.117. The Morgan fingerprint density at radius 1 is 1.61 bits per heavy atom. The molecule has 94 valence electrons. The summed E-state index contributed by atoms with van der Waals surface area (Å²) in [5.41, 5.74) is 1.02. The summed E-state index contributed by atoms with van der Waals surface area (Å²) in [6.07, 6.45) is 0. The number of nitriles is 1. The van der Waals surface area contributed by atoms with Gasteiger partial charge in [-0.2, -0.15) is 17.0 Å². The Morgan fingerprint density at radius 3 is 3.06 bits per heavy atom. The van der Waals surface area contributed by atoms with Crippen LogP contribution in [0.15, 0.2) is 18.2 Å². The molecule has 1 aromatic rings. The van der Waals surface area contributed by atoms with E-state index in [1.54, 1.807) is 30.0 Å². The van der Waals surface area contributed by atoms with Crippen LogP contribution in [-0.2, 0) is 4.79 Å². The standard InChI is InChI=1S/C12H12ClN3OS/c13-9-5-8(6-14)1-2-10(9)16-12(17)11-7-18-4-3-15-11/h1-2,5,11,15H,3-4,7H2,(H,16,17). The molecule has 18 heavy (non-hydrogen) atoms. The first kappa shape index (κ1) is 13.2. The molecule has 0 aromatic heterocycles. The maximum absolute atomic E-state index is 12.0. The maximum atomic E-state index is 12.0. The van der Waals surface area contributed by atoms with Crippen molar-refractivity contribution in [2.24, 2.45) is 0 Å². The van der Waals surface area contributed by atoms with E-state index in [9.17, 15) is 4.79 Å². The van der Waals surface area contributed by atoms with E-state index in [4.69, 9.17) is 16.9 Å². The average molecular weight is 282 g/mol. The number of nitrogens with one attached hydrogen (secondary N) is 2. The molecule has 2 N–H and O–H groups in total. The molecule has 0 spiro atoms. The highest BCUT2D eigenvalue weighted by Crippen LogP contribution is 2.23. The second kappa shape index (κ2) is 6.10. The van der Waals surface area contributed by atoms with Crippen molar-refractivity contribution in [3.63, 3.8) is 0 Å². The predicted octanol–water partition coefficient (Wildman–Crippen LogP) is 1.86. The van der Waals surface area contributed by atoms with E-state index in [2.05, 4.69) is 10.6 Å². The minimum absolute atomic E-state index is 0.0891. The van der Waals surface area contributed by atoms with Crippen molar-refractivity contribution in [2.45, 2.75) is 6.04 Å². The smallest absolute Gasteiger partial charge is 0.242 e. The van der Waals surface area contributed by atoms with Crippen LogP contribution in [0.1, 0.15) is 5.56 Å². The highest BCUT2D eigenvalue weighted by Gasteiger charge is 2.21. The van der Waals surface area contributed by atoms with Gasteiger partial charge < -0.3 is 10.6 Å². The van der Waals surface area contributed by atoms with Gasteiger partial charge >= 0.3 is 0 Å². The van der Waals surface area contributed by atoms with Gasteiger partial charge in [0, 0.05) is 18.1 Å². The van der Waals surface area contributed by atoms with Crippen LogP contribution in [0.2, 0.25) is 5.02 Å². The van der Waals surface area contributed by atoms with Crippen molar-refractivity contribution in [3.05, 3.63) is 28.8 Å². The quantitative estimate of drug-likeness (QED) is 0.868. The van der Waals surface area contributed by atoms with Crippen molar-refractivity contribution in [1.82, 2.24) is 5.32 Å². The SMILES string of the molecule is N#Cc1ccc(NC(=O)C2CSCCN2)c(Cl)c1. The van der Waals surface area contributed by atoms with E-state index >= 15 is 0 Å². The molecule has 1 fully saturated rings. The molecule has 1 aromatic carbocycles. The van der Waals surface area contributed by atoms with Gasteiger partial charge in [0.25, 0.3) is 0 Å². The lowest BCUT2D eigenvalue weighted by Crippen LogP contribution is -2.46. The van der Waals surface area contributed by atoms with Crippen LogP contribution in [0.4, 0.5) is 5.69 Å². The van der Waals surface area contributed by atoms with Crippen LogP contribution in [0.25, 0.3) is 0 Å². The summed E-state index contributed by atoms with van der Waals surface area (Å²) in [5, 5.41) is 15.0. The Hall–Kier alpha value is -1.22. The minimum atomic E-state index is -0.185. The first-order valence-corrected chi connectivity index (χ1v) is 7.05. The van der Waals surface area contributed by atoms with Crippen LogP contribution in [-0.4, -0.2) is 30.0 Å². The second-order valence-corrected chi connectivity index (χ2v) is 5.43. The highest BCUT2D eigenvalue weighted by molar-refractivity contribution is 7.99. The number of rotatable bonds is 2. The summed E-state index contributed by atoms with van der Waals surface area (Å²) < 4.78 is 0. The van der Waals surface area contributed by atoms with E-state index in [-0.39, 0.29) is 11.9 Å². The summed E-state index contributed by atoms with van der Waals surface area (Å²) in [7, 11) is 0. The van der Waals surface area contributed by atoms with Crippen molar-refractivity contribution < 1.29 is 4.79 Å². The fourth-order valence-electron chi connectivity index (χ4n) is 1.64. The monoisotopic (exact) mass is 281 g/mol. The lowest BCUT2D eigenvalue weighted by atomic mass is 10.2. The van der Waals surface area contributed by atoms with Crippen LogP contribution >= 0.6 is 23.4 Å². The lowest BCUT2D eigenvalue weighted by Gasteiger charge is -2.22. The molecular formula is C12H12ClN3OS. The summed E-state index contributed by atoms with van der Waals surface area (Å²) in [4.78, 5) is 12.0. The van der Waals surface area contributed by atoms with Gasteiger partial charge in [-0.15, -0.1) is 0 Å². The van der Waals surface area contributed by atoms with Gasteiger partial charge in [-0.25, -0.2) is 0 Å². The Bertz CT molecular complexity index is 495. The van der Waals surface area contributed by atoms with Crippen LogP contribution in [0.3, 0.4) is 0 Å². The molecule has 1 amide bonds. The van der Waals surface area contributed by atoms with Crippen molar-refractivity contribution in [2.75, 3.05) is 23.4 Å². The van der Waals surface area contributed by atoms with E-state index in [1.165, 1.54) is 0 Å². The molecule has 0 saturated carbocycles. The molecule has 1 aliphatic rings. The van der Waals surface area contributed by atoms with Crippen LogP contribution < -0.4 is 10.6 Å². The third-order valence-electron chi connectivity index (χ3n) is 2.59. The predicted molar refractivity (Wildman–Crippen MR) is 73.9 cm³/mol. The van der Waals surface area contributed by atoms with Crippen LogP contribution in [0.5, 0.6) is 0 Å². The van der Waals surface area contributed by atoms with Gasteiger partial charge in [-0.05, 0) is 18.2 Å². The van der Waals surface area contributed by atoms with E-state index in [0.717, 1.165) is 18.1 Å². The molecule has 4 nitrogen and oxygen atoms in total. The van der Waals surface area contributed by atoms with Gasteiger partial charge in [0.15, 0.2) is 0 Å². The van der Waals surface area contributed by atoms with Gasteiger partial charge in [-0.1, -0.05) is 11.6 Å². The molecule has 1 saturated heterocycles. The number of amides is 1. The zero-order valence-corrected chi connectivity index (χ0v) is 11.1. The highest BCUT2D eigenvalue weighted by atomic mass is 35.5. The van der Waals surface area contributed by atoms with E-state index in [0.29, 0.717) is 16.3 Å². The zero-order chi connectivity index (χ0) is 13.0. The summed E-state index contributed by atoms with van der Waals surface area (Å²) in [6, 6.07) is 6.63. The first-order chi connectivity index (χ1) is 8.70. The van der Waals surface area contributed by atoms with E-state index < -0.39 is 0 Å². The summed E-state index contributed by atoms with van der Waals surface area (Å²) >= 11 is 7.75. The molecule has 2 rings (SSSR count). The fourth-order valence-corrected chi connectivity index (χ4v) is 2.80. The van der Waals surface area contributed by atoms with Gasteiger partial charge in [0.05, 0.1) is 28.4 Å². The number of halogens is 1. The first-order valence-electron chi connectivity index (χ1n) is 5.52. The Labute approximate surface area is 115 Å². The summed E-state index contributed by atoms with van der Waals surface area (Å²) in [6.45, 7) is 0.837. The van der Waals surface area contributed by atoms with Gasteiger partial charge in [0.2, 0.25) is 5.91 Å². The Morgan fingerprint density at radius 2 is 2.44 bits per heavy atom. The van der Waals surface area contributed by atoms with E-state index in [1.807, 2.05) is 6.07 Å². The third-order valence-corrected chi connectivity index (χ3v) is 3.97. The van der Waals surface area contributed by atoms with Gasteiger partial charge in [-0.3, -0.25) is 4.79 Å². The number of benzene rings is 1. The fraction of sp³-hybridized carbons (Fsp3) is 0.333. The van der Waals surface area contributed by atoms with Crippen LogP contribution in [0, 0.1) is 11.3 Å². The molecule has 6 heteroatoms. The number of carbonyl (C=O) groups is 1. The van der Waals surface area contributed by atoms with Crippen molar-refractivity contribution in [1.29, 1.82) is 5.26 Å². The third kappa shape index (κ3) is 3.16. The zero-order valence-electron chi connectivity index (χ0n) is 9.57.